The number of aromatic nitrogens is 1. The normalized spacial score (nSPS) is 11.5. The molecule has 0 saturated heterocycles. The summed E-state index contributed by atoms with van der Waals surface area (Å²) in [5.41, 5.74) is 0.573. The molecule has 8 nitrogen and oxygen atoms in total. The minimum Gasteiger partial charge on any atom is -0.469 e. The van der Waals surface area contributed by atoms with Crippen LogP contribution < -0.4 is 10.6 Å². The number of methoxy groups -OCH3 is 1. The lowest BCUT2D eigenvalue weighted by atomic mass is 10.0. The van der Waals surface area contributed by atoms with Gasteiger partial charge in [-0.1, -0.05) is 17.3 Å². The molecule has 0 fully saturated rings. The van der Waals surface area contributed by atoms with E-state index in [1.165, 1.54) is 31.4 Å². The SMILES string of the molecule is COC(=O)CC(NC(=O)CSCC(=O)Nc1cc(C)on1)c1ccc(F)cc1. The summed E-state index contributed by atoms with van der Waals surface area (Å²) >= 11 is 1.10. The van der Waals surface area contributed by atoms with Crippen LogP contribution in [0, 0.1) is 12.7 Å². The van der Waals surface area contributed by atoms with Crippen LogP contribution in [0.15, 0.2) is 34.9 Å². The maximum atomic E-state index is 13.1. The Balaban J connectivity index is 1.84. The fraction of sp³-hybridized carbons (Fsp3) is 0.333. The average molecular weight is 409 g/mol. The second-order valence-electron chi connectivity index (χ2n) is 5.82. The van der Waals surface area contributed by atoms with Gasteiger partial charge in [-0.25, -0.2) is 4.39 Å². The molecule has 2 rings (SSSR count). The molecule has 2 amide bonds. The molecular formula is C18H20FN3O5S. The molecule has 0 aliphatic carbocycles. The van der Waals surface area contributed by atoms with Crippen molar-refractivity contribution in [2.45, 2.75) is 19.4 Å². The summed E-state index contributed by atoms with van der Waals surface area (Å²) in [5, 5.41) is 8.90. The topological polar surface area (TPSA) is 111 Å². The Morgan fingerprint density at radius 3 is 2.50 bits per heavy atom. The van der Waals surface area contributed by atoms with Crippen molar-refractivity contribution in [3.8, 4) is 0 Å². The summed E-state index contributed by atoms with van der Waals surface area (Å²) in [4.78, 5) is 35.6. The van der Waals surface area contributed by atoms with E-state index in [4.69, 9.17) is 4.52 Å². The van der Waals surface area contributed by atoms with Crippen LogP contribution >= 0.6 is 11.8 Å². The molecule has 1 aromatic carbocycles. The summed E-state index contributed by atoms with van der Waals surface area (Å²) in [7, 11) is 1.25. The highest BCUT2D eigenvalue weighted by molar-refractivity contribution is 8.00. The predicted molar refractivity (Wildman–Crippen MR) is 101 cm³/mol. The summed E-state index contributed by atoms with van der Waals surface area (Å²) in [6.45, 7) is 1.70. The first-order valence-electron chi connectivity index (χ1n) is 8.30. The van der Waals surface area contributed by atoms with Gasteiger partial charge in [-0.2, -0.15) is 0 Å². The van der Waals surface area contributed by atoms with E-state index in [0.717, 1.165) is 11.8 Å². The number of benzene rings is 1. The molecule has 1 heterocycles. The molecule has 0 bridgehead atoms. The molecule has 0 radical (unpaired) electrons. The van der Waals surface area contributed by atoms with Crippen LogP contribution in [0.25, 0.3) is 0 Å². The maximum Gasteiger partial charge on any atom is 0.307 e. The fourth-order valence-corrected chi connectivity index (χ4v) is 2.90. The zero-order valence-corrected chi connectivity index (χ0v) is 16.2. The van der Waals surface area contributed by atoms with E-state index in [-0.39, 0.29) is 29.7 Å². The zero-order chi connectivity index (χ0) is 20.5. The summed E-state index contributed by atoms with van der Waals surface area (Å²) in [6.07, 6.45) is -0.0927. The molecule has 28 heavy (non-hydrogen) atoms. The first kappa shape index (κ1) is 21.4. The molecule has 0 aliphatic heterocycles. The van der Waals surface area contributed by atoms with Crippen molar-refractivity contribution < 1.29 is 28.0 Å². The van der Waals surface area contributed by atoms with Gasteiger partial charge in [0.15, 0.2) is 5.82 Å². The van der Waals surface area contributed by atoms with Crippen LogP contribution in [-0.4, -0.2) is 41.6 Å². The van der Waals surface area contributed by atoms with Gasteiger partial charge in [0.05, 0.1) is 31.1 Å². The third-order valence-corrected chi connectivity index (χ3v) is 4.50. The van der Waals surface area contributed by atoms with Crippen LogP contribution in [0.1, 0.15) is 23.8 Å². The summed E-state index contributed by atoms with van der Waals surface area (Å²) < 4.78 is 22.6. The van der Waals surface area contributed by atoms with Crippen molar-refractivity contribution in [3.05, 3.63) is 47.5 Å². The first-order valence-corrected chi connectivity index (χ1v) is 9.45. The second-order valence-corrected chi connectivity index (χ2v) is 6.80. The number of halogens is 1. The standard InChI is InChI=1S/C18H20FN3O5S/c1-11-7-15(22-27-11)21-17(24)10-28-9-16(23)20-14(8-18(25)26-2)12-3-5-13(19)6-4-12/h3-7,14H,8-10H2,1-2H3,(H,20,23)(H,21,22,24). The van der Waals surface area contributed by atoms with E-state index in [1.807, 2.05) is 0 Å². The Labute approximate surface area is 165 Å². The van der Waals surface area contributed by atoms with Crippen molar-refractivity contribution in [2.75, 3.05) is 23.9 Å². The van der Waals surface area contributed by atoms with Crippen molar-refractivity contribution in [1.29, 1.82) is 0 Å². The molecule has 0 saturated carbocycles. The first-order chi connectivity index (χ1) is 13.4. The van der Waals surface area contributed by atoms with Crippen LogP contribution in [-0.2, 0) is 19.1 Å². The quantitative estimate of drug-likeness (QED) is 0.611. The number of carbonyl (C=O) groups is 3. The molecule has 0 aliphatic rings. The highest BCUT2D eigenvalue weighted by Gasteiger charge is 2.19. The maximum absolute atomic E-state index is 13.1. The molecule has 2 aromatic rings. The number of thioether (sulfide) groups is 1. The Kier molecular flexibility index (Phi) is 8.00. The van der Waals surface area contributed by atoms with E-state index in [2.05, 4.69) is 20.5 Å². The van der Waals surface area contributed by atoms with Crippen LogP contribution in [0.3, 0.4) is 0 Å². The Morgan fingerprint density at radius 1 is 1.21 bits per heavy atom. The average Bonchev–Trinajstić information content (AvgIpc) is 3.06. The predicted octanol–water partition coefficient (Wildman–Crippen LogP) is 2.21. The van der Waals surface area contributed by atoms with Gasteiger partial charge in [0.25, 0.3) is 0 Å². The highest BCUT2D eigenvalue weighted by atomic mass is 32.2. The number of amides is 2. The number of nitrogens with one attached hydrogen (secondary N) is 2. The number of esters is 1. The summed E-state index contributed by atoms with van der Waals surface area (Å²) in [5.74, 6) is -0.701. The van der Waals surface area contributed by atoms with Gasteiger partial charge in [-0.05, 0) is 24.6 Å². The third-order valence-electron chi connectivity index (χ3n) is 3.57. The van der Waals surface area contributed by atoms with Gasteiger partial charge < -0.3 is 19.9 Å². The molecule has 150 valence electrons. The minimum atomic E-state index is -0.659. The Hall–Kier alpha value is -2.88. The number of carbonyl (C=O) groups excluding carboxylic acids is 3. The summed E-state index contributed by atoms with van der Waals surface area (Å²) in [6, 6.07) is 6.39. The van der Waals surface area contributed by atoms with E-state index < -0.39 is 17.8 Å². The molecule has 2 N–H and O–H groups in total. The van der Waals surface area contributed by atoms with Crippen molar-refractivity contribution in [1.82, 2.24) is 10.5 Å². The van der Waals surface area contributed by atoms with Crippen LogP contribution in [0.5, 0.6) is 0 Å². The van der Waals surface area contributed by atoms with Gasteiger partial charge in [-0.15, -0.1) is 11.8 Å². The van der Waals surface area contributed by atoms with Gasteiger partial charge in [0, 0.05) is 6.07 Å². The van der Waals surface area contributed by atoms with Crippen molar-refractivity contribution >= 4 is 35.4 Å². The number of nitrogens with zero attached hydrogens (tertiary/aromatic N) is 1. The molecular weight excluding hydrogens is 389 g/mol. The highest BCUT2D eigenvalue weighted by Crippen LogP contribution is 2.18. The molecule has 1 atom stereocenters. The number of ether oxygens (including phenoxy) is 1. The van der Waals surface area contributed by atoms with E-state index >= 15 is 0 Å². The van der Waals surface area contributed by atoms with E-state index in [9.17, 15) is 18.8 Å². The lowest BCUT2D eigenvalue weighted by Gasteiger charge is -2.18. The van der Waals surface area contributed by atoms with Crippen LogP contribution in [0.2, 0.25) is 0 Å². The monoisotopic (exact) mass is 409 g/mol. The number of hydrogen-bond acceptors (Lipinski definition) is 7. The largest absolute Gasteiger partial charge is 0.469 e. The third kappa shape index (κ3) is 7.03. The fourth-order valence-electron chi connectivity index (χ4n) is 2.27. The molecule has 10 heteroatoms. The smallest absolute Gasteiger partial charge is 0.307 e. The van der Waals surface area contributed by atoms with E-state index in [1.54, 1.807) is 13.0 Å². The molecule has 1 aromatic heterocycles. The Morgan fingerprint density at radius 2 is 1.89 bits per heavy atom. The zero-order valence-electron chi connectivity index (χ0n) is 15.4. The Bertz CT molecular complexity index is 825. The lowest BCUT2D eigenvalue weighted by molar-refractivity contribution is -0.141. The van der Waals surface area contributed by atoms with Crippen molar-refractivity contribution in [3.63, 3.8) is 0 Å². The van der Waals surface area contributed by atoms with Gasteiger partial charge in [0.1, 0.15) is 11.6 Å². The number of aryl methyl sites for hydroxylation is 1. The number of anilines is 1. The minimum absolute atomic E-state index is 0.00410. The van der Waals surface area contributed by atoms with E-state index in [0.29, 0.717) is 17.1 Å². The van der Waals surface area contributed by atoms with Crippen LogP contribution in [0.4, 0.5) is 10.2 Å². The van der Waals surface area contributed by atoms with Gasteiger partial charge in [0.2, 0.25) is 11.8 Å². The second kappa shape index (κ2) is 10.5. The van der Waals surface area contributed by atoms with Crippen molar-refractivity contribution in [2.24, 2.45) is 0 Å². The molecule has 1 unspecified atom stereocenters. The molecule has 0 spiro atoms. The number of hydrogen-bond donors (Lipinski definition) is 2. The lowest BCUT2D eigenvalue weighted by Crippen LogP contribution is -2.32. The van der Waals surface area contributed by atoms with Gasteiger partial charge in [-0.3, -0.25) is 14.4 Å². The number of rotatable bonds is 9. The van der Waals surface area contributed by atoms with Gasteiger partial charge >= 0.3 is 5.97 Å².